The number of rotatable bonds is 3. The minimum atomic E-state index is -4.70. The van der Waals surface area contributed by atoms with Gasteiger partial charge in [-0.1, -0.05) is 6.08 Å². The number of alkyl halides is 3. The van der Waals surface area contributed by atoms with Crippen molar-refractivity contribution in [3.8, 4) is 0 Å². The average molecular weight is 420 g/mol. The molecule has 0 aliphatic carbocycles. The van der Waals surface area contributed by atoms with Crippen LogP contribution in [0.25, 0.3) is 0 Å². The number of anilines is 1. The Morgan fingerprint density at radius 3 is 2.52 bits per heavy atom. The molecule has 2 aliphatic rings. The van der Waals surface area contributed by atoms with Gasteiger partial charge in [0.25, 0.3) is 0 Å². The van der Waals surface area contributed by atoms with E-state index in [-0.39, 0.29) is 34.7 Å². The number of sulfonamides is 1. The summed E-state index contributed by atoms with van der Waals surface area (Å²) in [6.45, 7) is 1.81. The van der Waals surface area contributed by atoms with Crippen LogP contribution in [0.5, 0.6) is 0 Å². The van der Waals surface area contributed by atoms with Crippen molar-refractivity contribution in [3.05, 3.63) is 39.9 Å². The van der Waals surface area contributed by atoms with Crippen molar-refractivity contribution in [3.63, 3.8) is 0 Å². The van der Waals surface area contributed by atoms with Gasteiger partial charge in [0.1, 0.15) is 10.1 Å². The summed E-state index contributed by atoms with van der Waals surface area (Å²) >= 11 is 1.08. The van der Waals surface area contributed by atoms with E-state index >= 15 is 0 Å². The van der Waals surface area contributed by atoms with Gasteiger partial charge >= 0.3 is 6.18 Å². The van der Waals surface area contributed by atoms with E-state index in [4.69, 9.17) is 7.85 Å². The van der Waals surface area contributed by atoms with Crippen molar-refractivity contribution in [2.24, 2.45) is 0 Å². The van der Waals surface area contributed by atoms with E-state index in [1.54, 1.807) is 13.0 Å². The molecule has 1 unspecified atom stereocenters. The molecular formula is C16H17BF4N2O2S2. The van der Waals surface area contributed by atoms with Crippen LogP contribution in [0.1, 0.15) is 18.9 Å². The maximum absolute atomic E-state index is 13.3. The third kappa shape index (κ3) is 4.14. The number of allylic oxidation sites excluding steroid dienone is 1. The van der Waals surface area contributed by atoms with E-state index in [0.29, 0.717) is 12.5 Å². The molecule has 4 nitrogen and oxygen atoms in total. The number of hydrogen-bond donors (Lipinski definition) is 0. The van der Waals surface area contributed by atoms with Gasteiger partial charge in [0.15, 0.2) is 0 Å². The van der Waals surface area contributed by atoms with Crippen molar-refractivity contribution in [1.82, 2.24) is 4.31 Å². The van der Waals surface area contributed by atoms with E-state index in [1.165, 1.54) is 9.21 Å². The fourth-order valence-electron chi connectivity index (χ4n) is 3.27. The predicted octanol–water partition coefficient (Wildman–Crippen LogP) is 3.16. The first-order chi connectivity index (χ1) is 12.5. The van der Waals surface area contributed by atoms with Gasteiger partial charge in [-0.25, -0.2) is 12.8 Å². The summed E-state index contributed by atoms with van der Waals surface area (Å²) in [5, 5.41) is -0.306. The fourth-order valence-corrected chi connectivity index (χ4v) is 6.50. The number of halogens is 4. The maximum atomic E-state index is 13.3. The summed E-state index contributed by atoms with van der Waals surface area (Å²) in [5.74, 6) is -0.970. The molecule has 2 heterocycles. The fraction of sp³-hybridized carbons (Fsp3) is 0.500. The molecule has 0 N–H and O–H groups in total. The molecule has 0 saturated carbocycles. The highest BCUT2D eigenvalue weighted by Gasteiger charge is 2.40. The molecule has 1 fully saturated rings. The van der Waals surface area contributed by atoms with Gasteiger partial charge in [-0.3, -0.25) is 0 Å². The van der Waals surface area contributed by atoms with E-state index in [9.17, 15) is 26.0 Å². The Hall–Kier alpha value is -1.20. The van der Waals surface area contributed by atoms with Crippen LogP contribution < -0.4 is 4.90 Å². The van der Waals surface area contributed by atoms with Crippen LogP contribution in [0, 0.1) is 5.82 Å². The van der Waals surface area contributed by atoms with Crippen LogP contribution in [-0.2, 0) is 16.2 Å². The van der Waals surface area contributed by atoms with Crippen LogP contribution in [-0.4, -0.2) is 51.4 Å². The highest BCUT2D eigenvalue weighted by atomic mass is 32.3. The Labute approximate surface area is 161 Å². The van der Waals surface area contributed by atoms with Crippen LogP contribution in [0.2, 0.25) is 0 Å². The first-order valence-electron chi connectivity index (χ1n) is 8.26. The zero-order chi connectivity index (χ0) is 20.0. The van der Waals surface area contributed by atoms with Gasteiger partial charge in [0, 0.05) is 31.4 Å². The largest absolute Gasteiger partial charge is 0.418 e. The lowest BCUT2D eigenvalue weighted by atomic mass is 10.0. The molecule has 27 heavy (non-hydrogen) atoms. The topological polar surface area (TPSA) is 40.6 Å². The van der Waals surface area contributed by atoms with Crippen molar-refractivity contribution in [2.75, 3.05) is 24.5 Å². The molecule has 0 amide bonds. The van der Waals surface area contributed by atoms with Crippen molar-refractivity contribution >= 4 is 35.3 Å². The second-order valence-electron chi connectivity index (χ2n) is 6.49. The molecule has 11 heteroatoms. The Kier molecular flexibility index (Phi) is 5.57. The molecule has 1 aromatic carbocycles. The molecule has 0 spiro atoms. The minimum Gasteiger partial charge on any atom is -0.368 e. The van der Waals surface area contributed by atoms with Crippen LogP contribution in [0.3, 0.4) is 0 Å². The Morgan fingerprint density at radius 2 is 1.96 bits per heavy atom. The van der Waals surface area contributed by atoms with Gasteiger partial charge in [-0.15, -0.1) is 11.8 Å². The molecule has 1 saturated heterocycles. The lowest BCUT2D eigenvalue weighted by molar-refractivity contribution is -0.137. The van der Waals surface area contributed by atoms with Gasteiger partial charge in [-0.2, -0.15) is 17.5 Å². The van der Waals surface area contributed by atoms with E-state index in [2.05, 4.69) is 0 Å². The quantitative estimate of drug-likeness (QED) is 0.557. The molecular weight excluding hydrogens is 403 g/mol. The zero-order valence-corrected chi connectivity index (χ0v) is 16.0. The molecule has 0 bridgehead atoms. The molecule has 2 radical (unpaired) electrons. The summed E-state index contributed by atoms with van der Waals surface area (Å²) in [4.78, 5) is 1.45. The number of benzene rings is 1. The Bertz CT molecular complexity index is 860. The molecule has 2 atom stereocenters. The average Bonchev–Trinajstić information content (AvgIpc) is 3.01. The lowest BCUT2D eigenvalue weighted by Crippen LogP contribution is -2.54. The van der Waals surface area contributed by atoms with Gasteiger partial charge < -0.3 is 4.90 Å². The van der Waals surface area contributed by atoms with Gasteiger partial charge in [0.2, 0.25) is 10.0 Å². The second-order valence-corrected chi connectivity index (χ2v) is 9.88. The maximum Gasteiger partial charge on any atom is 0.418 e. The summed E-state index contributed by atoms with van der Waals surface area (Å²) in [6.07, 6.45) is -2.67. The molecule has 0 aromatic heterocycles. The zero-order valence-electron chi connectivity index (χ0n) is 14.4. The van der Waals surface area contributed by atoms with Gasteiger partial charge in [0.05, 0.1) is 13.4 Å². The van der Waals surface area contributed by atoms with Gasteiger partial charge in [-0.05, 0) is 36.7 Å². The Balaban J connectivity index is 1.82. The lowest BCUT2D eigenvalue weighted by Gasteiger charge is -2.40. The summed E-state index contributed by atoms with van der Waals surface area (Å²) in [6, 6.07) is 1.97. The summed E-state index contributed by atoms with van der Waals surface area (Å²) < 4.78 is 80.2. The van der Waals surface area contributed by atoms with E-state index in [0.717, 1.165) is 23.9 Å². The first kappa shape index (κ1) is 20.5. The van der Waals surface area contributed by atoms with Crippen LogP contribution in [0.4, 0.5) is 23.2 Å². The van der Waals surface area contributed by atoms with E-state index in [1.807, 2.05) is 0 Å². The van der Waals surface area contributed by atoms with Crippen molar-refractivity contribution < 1.29 is 26.0 Å². The van der Waals surface area contributed by atoms with Crippen LogP contribution in [0.15, 0.2) is 28.5 Å². The molecule has 2 aliphatic heterocycles. The smallest absolute Gasteiger partial charge is 0.368 e. The number of nitrogens with zero attached hydrogens (tertiary/aromatic N) is 2. The predicted molar refractivity (Wildman–Crippen MR) is 98.5 cm³/mol. The highest BCUT2D eigenvalue weighted by Crippen LogP contribution is 2.40. The number of piperazine rings is 1. The normalized spacial score (nSPS) is 24.9. The summed E-state index contributed by atoms with van der Waals surface area (Å²) in [5.41, 5.74) is -1.21. The van der Waals surface area contributed by atoms with Crippen molar-refractivity contribution in [2.45, 2.75) is 30.7 Å². The summed E-state index contributed by atoms with van der Waals surface area (Å²) in [7, 11) is 2.01. The molecule has 146 valence electrons. The van der Waals surface area contributed by atoms with E-state index < -0.39 is 33.6 Å². The molecule has 3 rings (SSSR count). The first-order valence-corrected chi connectivity index (χ1v) is 10.6. The Morgan fingerprint density at radius 1 is 1.26 bits per heavy atom. The third-order valence-electron chi connectivity index (χ3n) is 4.52. The standard InChI is InChI=1S/C16H17BF4N2O2S2/c1-10-9-22(13-3-2-11(18)8-12(13)16(19,20)21)6-7-23(10)27(24,25)15-5-4-14(17)26-15/h2-3,5,8,10,14H,4,6-7,9H2,1H3/t10-,14?/m1/s1. The monoisotopic (exact) mass is 420 g/mol. The van der Waals surface area contributed by atoms with Crippen LogP contribution >= 0.6 is 11.8 Å². The minimum absolute atomic E-state index is 0.0330. The van der Waals surface area contributed by atoms with Crippen molar-refractivity contribution in [1.29, 1.82) is 0 Å². The number of hydrogen-bond acceptors (Lipinski definition) is 4. The second kappa shape index (κ2) is 7.33. The number of thioether (sulfide) groups is 1. The highest BCUT2D eigenvalue weighted by molar-refractivity contribution is 8.19. The molecule has 1 aromatic rings. The third-order valence-corrected chi connectivity index (χ3v) is 8.17. The SMILES string of the molecule is [B]C1CC=C(S(=O)(=O)N2CCN(c3ccc(F)cc3C(F)(F)F)C[C@H]2C)S1.